The third-order valence-electron chi connectivity index (χ3n) is 5.93. The maximum atomic E-state index is 2.46. The van der Waals surface area contributed by atoms with Crippen molar-refractivity contribution in [3.8, 4) is 11.1 Å². The van der Waals surface area contributed by atoms with Gasteiger partial charge in [-0.2, -0.15) is 0 Å². The Labute approximate surface area is 161 Å². The summed E-state index contributed by atoms with van der Waals surface area (Å²) in [4.78, 5) is 0. The van der Waals surface area contributed by atoms with Gasteiger partial charge in [0, 0.05) is 0 Å². The van der Waals surface area contributed by atoms with Crippen LogP contribution in [0.3, 0.4) is 0 Å². The van der Waals surface area contributed by atoms with Gasteiger partial charge in [-0.3, -0.25) is 0 Å². The molecule has 0 saturated carbocycles. The molecule has 0 heterocycles. The number of aryl methyl sites for hydroxylation is 1. The summed E-state index contributed by atoms with van der Waals surface area (Å²) >= 11 is 0. The van der Waals surface area contributed by atoms with Gasteiger partial charge >= 0.3 is 0 Å². The third kappa shape index (κ3) is 5.47. The summed E-state index contributed by atoms with van der Waals surface area (Å²) in [5, 5.41) is 0. The fourth-order valence-electron chi connectivity index (χ4n) is 4.32. The van der Waals surface area contributed by atoms with Crippen LogP contribution in [0, 0.1) is 0 Å². The van der Waals surface area contributed by atoms with Crippen LogP contribution in [0.25, 0.3) is 11.1 Å². The molecule has 1 aliphatic carbocycles. The highest BCUT2D eigenvalue weighted by molar-refractivity contribution is 5.77. The van der Waals surface area contributed by atoms with E-state index in [-0.39, 0.29) is 0 Å². The highest BCUT2D eigenvalue weighted by Crippen LogP contribution is 2.37. The van der Waals surface area contributed by atoms with E-state index in [1.54, 1.807) is 0 Å². The largest absolute Gasteiger partial charge is 0.0654 e. The zero-order valence-corrected chi connectivity index (χ0v) is 16.7. The van der Waals surface area contributed by atoms with Gasteiger partial charge in [0.25, 0.3) is 0 Å². The Balaban J connectivity index is 1.31. The van der Waals surface area contributed by atoms with Crippen LogP contribution < -0.4 is 0 Å². The van der Waals surface area contributed by atoms with E-state index in [0.29, 0.717) is 0 Å². The lowest BCUT2D eigenvalue weighted by Gasteiger charge is -2.06. The topological polar surface area (TPSA) is 0 Å². The van der Waals surface area contributed by atoms with Crippen molar-refractivity contribution in [1.29, 1.82) is 0 Å². The van der Waals surface area contributed by atoms with E-state index in [0.717, 1.165) is 6.42 Å². The van der Waals surface area contributed by atoms with E-state index in [1.807, 2.05) is 0 Å². The van der Waals surface area contributed by atoms with E-state index in [2.05, 4.69) is 49.4 Å². The summed E-state index contributed by atoms with van der Waals surface area (Å²) in [6, 6.07) is 16.1. The van der Waals surface area contributed by atoms with Crippen LogP contribution in [0.4, 0.5) is 0 Å². The van der Waals surface area contributed by atoms with Gasteiger partial charge < -0.3 is 0 Å². The molecule has 2 aromatic rings. The second-order valence-electron chi connectivity index (χ2n) is 8.11. The number of rotatable bonds is 12. The van der Waals surface area contributed by atoms with Gasteiger partial charge in [0.15, 0.2) is 0 Å². The molecule has 0 aromatic heterocycles. The first-order valence-corrected chi connectivity index (χ1v) is 11.1. The minimum absolute atomic E-state index is 1.12. The lowest BCUT2D eigenvalue weighted by atomic mass is 9.99. The van der Waals surface area contributed by atoms with Gasteiger partial charge in [-0.25, -0.2) is 0 Å². The first kappa shape index (κ1) is 19.2. The summed E-state index contributed by atoms with van der Waals surface area (Å²) in [6.45, 7) is 2.29. The second kappa shape index (κ2) is 10.6. The summed E-state index contributed by atoms with van der Waals surface area (Å²) < 4.78 is 0. The molecule has 0 fully saturated rings. The molecular weight excluding hydrogens is 312 g/mol. The van der Waals surface area contributed by atoms with Gasteiger partial charge in [-0.15, -0.1) is 0 Å². The molecule has 0 spiro atoms. The Hall–Kier alpha value is -1.56. The molecule has 140 valence electrons. The molecule has 3 rings (SSSR count). The Morgan fingerprint density at radius 2 is 1.23 bits per heavy atom. The fraction of sp³-hybridized carbons (Fsp3) is 0.538. The van der Waals surface area contributed by atoms with E-state index in [4.69, 9.17) is 0 Å². The monoisotopic (exact) mass is 348 g/mol. The second-order valence-corrected chi connectivity index (χ2v) is 8.11. The van der Waals surface area contributed by atoms with E-state index in [9.17, 15) is 0 Å². The Kier molecular flexibility index (Phi) is 7.80. The highest BCUT2D eigenvalue weighted by Gasteiger charge is 2.17. The van der Waals surface area contributed by atoms with Gasteiger partial charge in [0.1, 0.15) is 0 Å². The lowest BCUT2D eigenvalue weighted by molar-refractivity contribution is 0.549. The minimum atomic E-state index is 1.12. The number of fused-ring (bicyclic) bond motifs is 3. The predicted molar refractivity (Wildman–Crippen MR) is 115 cm³/mol. The normalized spacial score (nSPS) is 12.2. The van der Waals surface area contributed by atoms with Crippen LogP contribution in [0.5, 0.6) is 0 Å². The SMILES string of the molecule is CCCCCCCCCCCCCc1ccc2c(c1)-c1ccccc1C2. The molecule has 26 heavy (non-hydrogen) atoms. The molecule has 0 saturated heterocycles. The molecule has 1 aliphatic rings. The number of benzene rings is 2. The average molecular weight is 349 g/mol. The number of hydrogen-bond donors (Lipinski definition) is 0. The lowest BCUT2D eigenvalue weighted by Crippen LogP contribution is -1.89. The molecule has 0 heteroatoms. The molecule has 0 N–H and O–H groups in total. The summed E-state index contributed by atoms with van der Waals surface area (Å²) in [6.07, 6.45) is 18.0. The molecule has 0 amide bonds. The van der Waals surface area contributed by atoms with E-state index < -0.39 is 0 Å². The quantitative estimate of drug-likeness (QED) is 0.290. The maximum Gasteiger partial charge on any atom is -0.00135 e. The minimum Gasteiger partial charge on any atom is -0.0654 e. The van der Waals surface area contributed by atoms with E-state index in [1.165, 1.54) is 105 Å². The maximum absolute atomic E-state index is 2.46. The van der Waals surface area contributed by atoms with Crippen molar-refractivity contribution < 1.29 is 0 Å². The van der Waals surface area contributed by atoms with Crippen molar-refractivity contribution in [2.24, 2.45) is 0 Å². The number of unbranched alkanes of at least 4 members (excludes halogenated alkanes) is 10. The fourth-order valence-corrected chi connectivity index (χ4v) is 4.32. The van der Waals surface area contributed by atoms with Crippen LogP contribution in [0.1, 0.15) is 94.2 Å². The van der Waals surface area contributed by atoms with Gasteiger partial charge in [-0.05, 0) is 47.1 Å². The summed E-state index contributed by atoms with van der Waals surface area (Å²) in [5.41, 5.74) is 7.48. The first-order valence-electron chi connectivity index (χ1n) is 11.1. The summed E-state index contributed by atoms with van der Waals surface area (Å²) in [7, 11) is 0. The van der Waals surface area contributed by atoms with Crippen LogP contribution >= 0.6 is 0 Å². The van der Waals surface area contributed by atoms with E-state index >= 15 is 0 Å². The van der Waals surface area contributed by atoms with Gasteiger partial charge in [0.2, 0.25) is 0 Å². The van der Waals surface area contributed by atoms with Crippen molar-refractivity contribution in [2.75, 3.05) is 0 Å². The zero-order valence-electron chi connectivity index (χ0n) is 16.7. The average Bonchev–Trinajstić information content (AvgIpc) is 3.04. The van der Waals surface area contributed by atoms with Crippen molar-refractivity contribution in [1.82, 2.24) is 0 Å². The molecule has 0 atom stereocenters. The van der Waals surface area contributed by atoms with Crippen LogP contribution in [-0.4, -0.2) is 0 Å². The van der Waals surface area contributed by atoms with Crippen molar-refractivity contribution in [3.05, 3.63) is 59.2 Å². The molecule has 0 radical (unpaired) electrons. The zero-order chi connectivity index (χ0) is 18.0. The van der Waals surface area contributed by atoms with Crippen molar-refractivity contribution in [2.45, 2.75) is 90.4 Å². The van der Waals surface area contributed by atoms with Crippen molar-refractivity contribution in [3.63, 3.8) is 0 Å². The third-order valence-corrected chi connectivity index (χ3v) is 5.93. The molecular formula is C26H36. The van der Waals surface area contributed by atoms with Gasteiger partial charge in [-0.1, -0.05) is 114 Å². The molecule has 0 nitrogen and oxygen atoms in total. The molecule has 0 bridgehead atoms. The van der Waals surface area contributed by atoms with Crippen LogP contribution in [0.2, 0.25) is 0 Å². The highest BCUT2D eigenvalue weighted by atomic mass is 14.2. The van der Waals surface area contributed by atoms with Crippen LogP contribution in [0.15, 0.2) is 42.5 Å². The first-order chi connectivity index (χ1) is 12.9. The molecule has 0 aliphatic heterocycles. The van der Waals surface area contributed by atoms with Crippen molar-refractivity contribution >= 4 is 0 Å². The smallest absolute Gasteiger partial charge is 0.00135 e. The van der Waals surface area contributed by atoms with Gasteiger partial charge in [0.05, 0.1) is 0 Å². The Morgan fingerprint density at radius 1 is 0.615 bits per heavy atom. The predicted octanol–water partition coefficient (Wildman–Crippen LogP) is 8.11. The standard InChI is InChI=1S/C26H36/c1-2-3-4-5-6-7-8-9-10-11-12-15-22-18-19-24-21-23-16-13-14-17-25(23)26(24)20-22/h13-14,16-20H,2-12,15,21H2,1H3. The Morgan fingerprint density at radius 3 is 1.96 bits per heavy atom. The van der Waals surface area contributed by atoms with Crippen LogP contribution in [-0.2, 0) is 12.8 Å². The Bertz CT molecular complexity index is 667. The molecule has 0 unspecified atom stereocenters. The number of hydrogen-bond acceptors (Lipinski definition) is 0. The summed E-state index contributed by atoms with van der Waals surface area (Å²) in [5.74, 6) is 0. The molecule has 2 aromatic carbocycles.